The van der Waals surface area contributed by atoms with Crippen LogP contribution in [0.3, 0.4) is 0 Å². The van der Waals surface area contributed by atoms with Crippen molar-refractivity contribution in [2.75, 3.05) is 23.8 Å². The van der Waals surface area contributed by atoms with Crippen LogP contribution in [0.1, 0.15) is 13.3 Å². The highest BCUT2D eigenvalue weighted by molar-refractivity contribution is 8.06. The predicted octanol–water partition coefficient (Wildman–Crippen LogP) is 1.84. The van der Waals surface area contributed by atoms with Gasteiger partial charge in [0.2, 0.25) is 0 Å². The number of hydrogen-bond acceptors (Lipinski definition) is 3. The maximum absolute atomic E-state index is 5.36. The number of rotatable bonds is 4. The minimum absolute atomic E-state index is 0.521. The first-order chi connectivity index (χ1) is 6.38. The second-order valence-corrected chi connectivity index (χ2v) is 5.55. The van der Waals surface area contributed by atoms with Crippen LogP contribution in [0.2, 0.25) is 0 Å². The first-order valence-electron chi connectivity index (χ1n) is 4.74. The first kappa shape index (κ1) is 11.3. The standard InChI is InChI=1S/C10H17NS2/c1-3-5-9(11-4-2)10-8-12-6-7-13-10/h1,9-11H,4-8H2,2H3. The molecule has 0 aromatic carbocycles. The van der Waals surface area contributed by atoms with Crippen LogP contribution < -0.4 is 5.32 Å². The molecule has 0 radical (unpaired) electrons. The maximum Gasteiger partial charge on any atom is 0.0303 e. The molecule has 0 spiro atoms. The Hall–Kier alpha value is 0.220. The van der Waals surface area contributed by atoms with E-state index in [0.717, 1.165) is 18.2 Å². The highest BCUT2D eigenvalue weighted by Crippen LogP contribution is 2.27. The monoisotopic (exact) mass is 215 g/mol. The summed E-state index contributed by atoms with van der Waals surface area (Å²) >= 11 is 4.13. The summed E-state index contributed by atoms with van der Waals surface area (Å²) in [5.41, 5.74) is 0. The lowest BCUT2D eigenvalue weighted by Crippen LogP contribution is -2.40. The van der Waals surface area contributed by atoms with Gasteiger partial charge in [-0.3, -0.25) is 0 Å². The van der Waals surface area contributed by atoms with E-state index in [0.29, 0.717) is 6.04 Å². The fourth-order valence-electron chi connectivity index (χ4n) is 1.46. The van der Waals surface area contributed by atoms with Gasteiger partial charge in [-0.2, -0.15) is 23.5 Å². The molecule has 74 valence electrons. The minimum atomic E-state index is 0.521. The minimum Gasteiger partial charge on any atom is -0.312 e. The number of nitrogens with one attached hydrogen (secondary N) is 1. The SMILES string of the molecule is C#CCC(NCC)C1CSCCS1. The molecule has 1 saturated heterocycles. The van der Waals surface area contributed by atoms with Crippen molar-refractivity contribution in [1.82, 2.24) is 5.32 Å². The van der Waals surface area contributed by atoms with Crippen molar-refractivity contribution >= 4 is 23.5 Å². The molecule has 2 atom stereocenters. The molecular formula is C10H17NS2. The third-order valence-electron chi connectivity index (χ3n) is 2.09. The lowest BCUT2D eigenvalue weighted by molar-refractivity contribution is 0.536. The van der Waals surface area contributed by atoms with Gasteiger partial charge in [-0.15, -0.1) is 12.3 Å². The zero-order chi connectivity index (χ0) is 9.52. The van der Waals surface area contributed by atoms with Gasteiger partial charge < -0.3 is 5.32 Å². The Morgan fingerprint density at radius 3 is 3.00 bits per heavy atom. The Balaban J connectivity index is 2.37. The average Bonchev–Trinajstić information content (AvgIpc) is 2.19. The van der Waals surface area contributed by atoms with Crippen molar-refractivity contribution in [3.63, 3.8) is 0 Å². The third-order valence-corrected chi connectivity index (χ3v) is 5.01. The Labute approximate surface area is 89.8 Å². The highest BCUT2D eigenvalue weighted by atomic mass is 32.2. The van der Waals surface area contributed by atoms with Gasteiger partial charge in [0.15, 0.2) is 0 Å². The molecule has 0 aliphatic carbocycles. The largest absolute Gasteiger partial charge is 0.312 e. The topological polar surface area (TPSA) is 12.0 Å². The molecular weight excluding hydrogens is 198 g/mol. The summed E-state index contributed by atoms with van der Waals surface area (Å²) in [5.74, 6) is 6.60. The van der Waals surface area contributed by atoms with E-state index in [1.807, 2.05) is 0 Å². The van der Waals surface area contributed by atoms with E-state index in [1.165, 1.54) is 17.3 Å². The van der Waals surface area contributed by atoms with Crippen LogP contribution in [-0.2, 0) is 0 Å². The molecule has 1 heterocycles. The van der Waals surface area contributed by atoms with Gasteiger partial charge in [0, 0.05) is 35.0 Å². The van der Waals surface area contributed by atoms with E-state index >= 15 is 0 Å². The average molecular weight is 215 g/mol. The quantitative estimate of drug-likeness (QED) is 0.719. The zero-order valence-corrected chi connectivity index (χ0v) is 9.72. The van der Waals surface area contributed by atoms with Crippen LogP contribution >= 0.6 is 23.5 Å². The van der Waals surface area contributed by atoms with Gasteiger partial charge in [-0.05, 0) is 6.54 Å². The highest BCUT2D eigenvalue weighted by Gasteiger charge is 2.22. The second-order valence-electron chi connectivity index (χ2n) is 3.06. The van der Waals surface area contributed by atoms with E-state index in [9.17, 15) is 0 Å². The van der Waals surface area contributed by atoms with Crippen molar-refractivity contribution in [3.8, 4) is 12.3 Å². The molecule has 1 N–H and O–H groups in total. The summed E-state index contributed by atoms with van der Waals surface area (Å²) in [6.07, 6.45) is 6.23. The fraction of sp³-hybridized carbons (Fsp3) is 0.800. The number of terminal acetylenes is 1. The molecule has 0 amide bonds. The normalized spacial score (nSPS) is 25.1. The molecule has 1 fully saturated rings. The Morgan fingerprint density at radius 2 is 2.46 bits per heavy atom. The fourth-order valence-corrected chi connectivity index (χ4v) is 4.35. The van der Waals surface area contributed by atoms with E-state index in [1.54, 1.807) is 0 Å². The predicted molar refractivity (Wildman–Crippen MR) is 64.5 cm³/mol. The Bertz CT molecular complexity index is 170. The Morgan fingerprint density at radius 1 is 1.62 bits per heavy atom. The van der Waals surface area contributed by atoms with E-state index in [2.05, 4.69) is 41.7 Å². The summed E-state index contributed by atoms with van der Waals surface area (Å²) in [7, 11) is 0. The lowest BCUT2D eigenvalue weighted by Gasteiger charge is -2.28. The summed E-state index contributed by atoms with van der Waals surface area (Å²) < 4.78 is 0. The van der Waals surface area contributed by atoms with Crippen molar-refractivity contribution < 1.29 is 0 Å². The van der Waals surface area contributed by atoms with Gasteiger partial charge in [0.25, 0.3) is 0 Å². The van der Waals surface area contributed by atoms with Gasteiger partial charge >= 0.3 is 0 Å². The molecule has 0 bridgehead atoms. The van der Waals surface area contributed by atoms with Gasteiger partial charge in [0.05, 0.1) is 0 Å². The lowest BCUT2D eigenvalue weighted by atomic mass is 10.1. The van der Waals surface area contributed by atoms with E-state index < -0.39 is 0 Å². The molecule has 0 saturated carbocycles. The van der Waals surface area contributed by atoms with Crippen LogP contribution in [0.15, 0.2) is 0 Å². The summed E-state index contributed by atoms with van der Waals surface area (Å²) in [6, 6.07) is 0.521. The molecule has 13 heavy (non-hydrogen) atoms. The molecule has 3 heteroatoms. The molecule has 2 unspecified atom stereocenters. The van der Waals surface area contributed by atoms with Gasteiger partial charge in [-0.1, -0.05) is 6.92 Å². The van der Waals surface area contributed by atoms with Crippen molar-refractivity contribution in [3.05, 3.63) is 0 Å². The second kappa shape index (κ2) is 6.64. The molecule has 1 aliphatic rings. The number of thioether (sulfide) groups is 2. The van der Waals surface area contributed by atoms with Crippen molar-refractivity contribution in [2.45, 2.75) is 24.6 Å². The van der Waals surface area contributed by atoms with Crippen LogP contribution in [0.4, 0.5) is 0 Å². The number of hydrogen-bond donors (Lipinski definition) is 1. The van der Waals surface area contributed by atoms with Crippen molar-refractivity contribution in [2.24, 2.45) is 0 Å². The Kier molecular flexibility index (Phi) is 5.77. The third kappa shape index (κ3) is 3.84. The molecule has 0 aromatic heterocycles. The van der Waals surface area contributed by atoms with E-state index in [4.69, 9.17) is 6.42 Å². The zero-order valence-electron chi connectivity index (χ0n) is 8.08. The van der Waals surface area contributed by atoms with Crippen LogP contribution in [0, 0.1) is 12.3 Å². The molecule has 1 aliphatic heterocycles. The van der Waals surface area contributed by atoms with Crippen molar-refractivity contribution in [1.29, 1.82) is 0 Å². The maximum atomic E-state index is 5.36. The van der Waals surface area contributed by atoms with Crippen LogP contribution in [0.25, 0.3) is 0 Å². The van der Waals surface area contributed by atoms with Gasteiger partial charge in [0.1, 0.15) is 0 Å². The van der Waals surface area contributed by atoms with Gasteiger partial charge in [-0.25, -0.2) is 0 Å². The smallest absolute Gasteiger partial charge is 0.0303 e. The summed E-state index contributed by atoms with van der Waals surface area (Å²) in [6.45, 7) is 3.16. The molecule has 0 aromatic rings. The summed E-state index contributed by atoms with van der Waals surface area (Å²) in [5, 5.41) is 4.19. The first-order valence-corrected chi connectivity index (χ1v) is 6.95. The van der Waals surface area contributed by atoms with Crippen LogP contribution in [0.5, 0.6) is 0 Å². The summed E-state index contributed by atoms with van der Waals surface area (Å²) in [4.78, 5) is 0. The molecule has 1 rings (SSSR count). The van der Waals surface area contributed by atoms with Crippen LogP contribution in [-0.4, -0.2) is 35.1 Å². The molecule has 1 nitrogen and oxygen atoms in total. The van der Waals surface area contributed by atoms with E-state index in [-0.39, 0.29) is 0 Å².